The van der Waals surface area contributed by atoms with Crippen LogP contribution in [0.2, 0.25) is 0 Å². The average molecular weight is 159 g/mol. The molecule has 1 heteroatoms. The summed E-state index contributed by atoms with van der Waals surface area (Å²) in [6.07, 6.45) is 6.50. The van der Waals surface area contributed by atoms with Crippen LogP contribution in [0.1, 0.15) is 33.6 Å². The first kappa shape index (κ1) is 9.77. The summed E-state index contributed by atoms with van der Waals surface area (Å²) in [4.78, 5) is 0. The van der Waals surface area contributed by atoms with Crippen LogP contribution in [-0.2, 0) is 0 Å². The van der Waals surface area contributed by atoms with Crippen molar-refractivity contribution >= 4 is 11.6 Å². The molecule has 0 aromatic heterocycles. The Hall–Kier alpha value is -0.230. The van der Waals surface area contributed by atoms with E-state index in [1.165, 1.54) is 5.57 Å². The van der Waals surface area contributed by atoms with Gasteiger partial charge in [0.05, 0.1) is 0 Å². The molecule has 0 amide bonds. The van der Waals surface area contributed by atoms with Crippen LogP contribution in [0.3, 0.4) is 0 Å². The fraction of sp³-hybridized carbons (Fsp3) is 0.556. The molecule has 0 aromatic carbocycles. The summed E-state index contributed by atoms with van der Waals surface area (Å²) in [6.45, 7) is 6.04. The fourth-order valence-corrected chi connectivity index (χ4v) is 0.955. The molecule has 1 aliphatic rings. The molecule has 0 aromatic rings. The zero-order valence-electron chi connectivity index (χ0n) is 6.95. The van der Waals surface area contributed by atoms with Crippen LogP contribution in [0.15, 0.2) is 22.8 Å². The van der Waals surface area contributed by atoms with Crippen molar-refractivity contribution < 1.29 is 0 Å². The Morgan fingerprint density at radius 2 is 1.70 bits per heavy atom. The van der Waals surface area contributed by atoms with E-state index >= 15 is 0 Å². The van der Waals surface area contributed by atoms with E-state index in [1.807, 2.05) is 20.8 Å². The summed E-state index contributed by atoms with van der Waals surface area (Å²) < 4.78 is 0. The molecule has 0 N–H and O–H groups in total. The lowest BCUT2D eigenvalue weighted by Crippen LogP contribution is -1.82. The van der Waals surface area contributed by atoms with Crippen molar-refractivity contribution in [3.63, 3.8) is 0 Å². The van der Waals surface area contributed by atoms with Gasteiger partial charge in [-0.05, 0) is 25.3 Å². The molecular weight excluding hydrogens is 144 g/mol. The van der Waals surface area contributed by atoms with Gasteiger partial charge in [0.25, 0.3) is 0 Å². The highest BCUT2D eigenvalue weighted by molar-refractivity contribution is 6.31. The molecule has 1 aliphatic carbocycles. The fourth-order valence-electron chi connectivity index (χ4n) is 0.768. The van der Waals surface area contributed by atoms with Crippen molar-refractivity contribution in [2.75, 3.05) is 0 Å². The van der Waals surface area contributed by atoms with Gasteiger partial charge in [-0.25, -0.2) is 0 Å². The third-order valence-electron chi connectivity index (χ3n) is 1.32. The maximum absolute atomic E-state index is 5.76. The minimum Gasteiger partial charge on any atom is -0.0844 e. The minimum absolute atomic E-state index is 0.927. The Morgan fingerprint density at radius 1 is 1.20 bits per heavy atom. The van der Waals surface area contributed by atoms with Crippen molar-refractivity contribution in [1.29, 1.82) is 0 Å². The lowest BCUT2D eigenvalue weighted by molar-refractivity contribution is 1.01. The van der Waals surface area contributed by atoms with E-state index in [-0.39, 0.29) is 0 Å². The molecule has 0 saturated heterocycles. The molecule has 0 spiro atoms. The summed E-state index contributed by atoms with van der Waals surface area (Å²) in [5.41, 5.74) is 1.22. The van der Waals surface area contributed by atoms with E-state index in [0.717, 1.165) is 17.9 Å². The van der Waals surface area contributed by atoms with Gasteiger partial charge in [0.2, 0.25) is 0 Å². The molecule has 0 atom stereocenters. The second-order valence-corrected chi connectivity index (χ2v) is 2.42. The van der Waals surface area contributed by atoms with Crippen LogP contribution in [0, 0.1) is 0 Å². The first-order valence-electron chi connectivity index (χ1n) is 3.83. The molecule has 1 rings (SSSR count). The summed E-state index contributed by atoms with van der Waals surface area (Å²) in [5.74, 6) is 0. The van der Waals surface area contributed by atoms with Gasteiger partial charge in [0, 0.05) is 5.03 Å². The largest absolute Gasteiger partial charge is 0.0844 e. The highest BCUT2D eigenvalue weighted by Gasteiger charge is 1.98. The lowest BCUT2D eigenvalue weighted by atomic mass is 10.1. The Bertz CT molecular complexity index is 125. The quantitative estimate of drug-likeness (QED) is 0.502. The number of rotatable bonds is 0. The summed E-state index contributed by atoms with van der Waals surface area (Å²) >= 11 is 5.76. The van der Waals surface area contributed by atoms with E-state index in [1.54, 1.807) is 0 Å². The van der Waals surface area contributed by atoms with Crippen LogP contribution in [0.4, 0.5) is 0 Å². The van der Waals surface area contributed by atoms with Crippen LogP contribution in [0.5, 0.6) is 0 Å². The molecule has 10 heavy (non-hydrogen) atoms. The van der Waals surface area contributed by atoms with Crippen molar-refractivity contribution in [3.8, 4) is 0 Å². The molecule has 0 heterocycles. The Balaban J connectivity index is 0.000000371. The van der Waals surface area contributed by atoms with Gasteiger partial charge in [0.15, 0.2) is 0 Å². The van der Waals surface area contributed by atoms with Gasteiger partial charge >= 0.3 is 0 Å². The first-order chi connectivity index (χ1) is 4.80. The Kier molecular flexibility index (Phi) is 5.42. The Labute approximate surface area is 68.6 Å². The molecule has 58 valence electrons. The third kappa shape index (κ3) is 3.07. The van der Waals surface area contributed by atoms with Crippen molar-refractivity contribution in [2.24, 2.45) is 0 Å². The van der Waals surface area contributed by atoms with E-state index in [2.05, 4.69) is 12.2 Å². The summed E-state index contributed by atoms with van der Waals surface area (Å²) in [5, 5.41) is 0.927. The number of halogens is 1. The first-order valence-corrected chi connectivity index (χ1v) is 4.21. The van der Waals surface area contributed by atoms with Crippen molar-refractivity contribution in [2.45, 2.75) is 33.6 Å². The highest BCUT2D eigenvalue weighted by atomic mass is 35.5. The van der Waals surface area contributed by atoms with Gasteiger partial charge in [-0.2, -0.15) is 0 Å². The average Bonchev–Trinajstić information content (AvgIpc) is 2.00. The second kappa shape index (κ2) is 5.55. The van der Waals surface area contributed by atoms with Crippen molar-refractivity contribution in [1.82, 2.24) is 0 Å². The molecular formula is C9H15Cl. The van der Waals surface area contributed by atoms with Gasteiger partial charge in [-0.3, -0.25) is 0 Å². The van der Waals surface area contributed by atoms with Gasteiger partial charge in [-0.1, -0.05) is 37.6 Å². The van der Waals surface area contributed by atoms with Gasteiger partial charge in [-0.15, -0.1) is 0 Å². The zero-order chi connectivity index (χ0) is 7.98. The zero-order valence-corrected chi connectivity index (χ0v) is 7.70. The smallest absolute Gasteiger partial charge is 0.0392 e. The van der Waals surface area contributed by atoms with Gasteiger partial charge < -0.3 is 0 Å². The molecule has 0 saturated carbocycles. The number of hydrogen-bond acceptors (Lipinski definition) is 0. The molecule has 0 fully saturated rings. The minimum atomic E-state index is 0.927. The highest BCUT2D eigenvalue weighted by Crippen LogP contribution is 2.20. The van der Waals surface area contributed by atoms with E-state index in [0.29, 0.717) is 0 Å². The SMILES string of the molecule is CC.CC1=CCCC=C1Cl. The van der Waals surface area contributed by atoms with Crippen molar-refractivity contribution in [3.05, 3.63) is 22.8 Å². The molecule has 0 nitrogen and oxygen atoms in total. The van der Waals surface area contributed by atoms with Gasteiger partial charge in [0.1, 0.15) is 0 Å². The summed E-state index contributed by atoms with van der Waals surface area (Å²) in [7, 11) is 0. The monoisotopic (exact) mass is 158 g/mol. The normalized spacial score (nSPS) is 16.4. The maximum Gasteiger partial charge on any atom is 0.0392 e. The molecule has 0 radical (unpaired) electrons. The number of allylic oxidation sites excluding steroid dienone is 4. The van der Waals surface area contributed by atoms with E-state index in [9.17, 15) is 0 Å². The van der Waals surface area contributed by atoms with E-state index in [4.69, 9.17) is 11.6 Å². The van der Waals surface area contributed by atoms with Crippen LogP contribution in [0.25, 0.3) is 0 Å². The second-order valence-electron chi connectivity index (χ2n) is 2.02. The number of hydrogen-bond donors (Lipinski definition) is 0. The lowest BCUT2D eigenvalue weighted by Gasteiger charge is -2.03. The summed E-state index contributed by atoms with van der Waals surface area (Å²) in [6, 6.07) is 0. The molecule has 0 bridgehead atoms. The van der Waals surface area contributed by atoms with E-state index < -0.39 is 0 Å². The topological polar surface area (TPSA) is 0 Å². The molecule has 0 unspecified atom stereocenters. The Morgan fingerprint density at radius 3 is 2.00 bits per heavy atom. The predicted molar refractivity (Wildman–Crippen MR) is 48.3 cm³/mol. The predicted octanol–water partition coefficient (Wildman–Crippen LogP) is 3.88. The molecule has 0 aliphatic heterocycles. The maximum atomic E-state index is 5.76. The van der Waals surface area contributed by atoms with Crippen LogP contribution >= 0.6 is 11.6 Å². The standard InChI is InChI=1S/C7H9Cl.C2H6/c1-6-4-2-3-5-7(6)8;1-2/h4-5H,2-3H2,1H3;1-2H3. The van der Waals surface area contributed by atoms with Crippen LogP contribution < -0.4 is 0 Å². The third-order valence-corrected chi connectivity index (χ3v) is 1.77. The van der Waals surface area contributed by atoms with Crippen LogP contribution in [-0.4, -0.2) is 0 Å².